The Labute approximate surface area is 250 Å². The summed E-state index contributed by atoms with van der Waals surface area (Å²) in [5.41, 5.74) is 8.39. The van der Waals surface area contributed by atoms with Crippen molar-refractivity contribution in [1.82, 2.24) is 19.5 Å². The lowest BCUT2D eigenvalue weighted by molar-refractivity contribution is 0.415. The summed E-state index contributed by atoms with van der Waals surface area (Å²) < 4.78 is 13.5. The van der Waals surface area contributed by atoms with E-state index in [1.807, 2.05) is 72.8 Å². The number of aryl methyl sites for hydroxylation is 2. The van der Waals surface area contributed by atoms with E-state index in [2.05, 4.69) is 54.8 Å². The zero-order valence-corrected chi connectivity index (χ0v) is 24.5. The van der Waals surface area contributed by atoms with E-state index < -0.39 is 0 Å². The minimum atomic E-state index is 0.641. The maximum Gasteiger partial charge on any atom is 0.164 e. The first-order chi connectivity index (χ1) is 21.0. The van der Waals surface area contributed by atoms with Crippen LogP contribution in [0.1, 0.15) is 11.1 Å². The number of benzene rings is 5. The van der Waals surface area contributed by atoms with Crippen LogP contribution in [0, 0.1) is 13.8 Å². The Hall–Kier alpha value is -5.49. The third kappa shape index (κ3) is 4.67. The zero-order valence-electron chi connectivity index (χ0n) is 24.5. The van der Waals surface area contributed by atoms with Gasteiger partial charge in [0.25, 0.3) is 0 Å². The fourth-order valence-corrected chi connectivity index (χ4v) is 5.85. The summed E-state index contributed by atoms with van der Waals surface area (Å²) in [6, 6.07) is 36.9. The summed E-state index contributed by atoms with van der Waals surface area (Å²) in [5.74, 6) is 3.57. The average molecular weight is 563 g/mol. The highest BCUT2D eigenvalue weighted by molar-refractivity contribution is 6.10. The zero-order chi connectivity index (χ0) is 29.5. The van der Waals surface area contributed by atoms with E-state index in [4.69, 9.17) is 24.4 Å². The highest BCUT2D eigenvalue weighted by Gasteiger charge is 2.19. The van der Waals surface area contributed by atoms with Gasteiger partial charge in [-0.2, -0.15) is 0 Å². The van der Waals surface area contributed by atoms with Crippen molar-refractivity contribution >= 4 is 21.8 Å². The Kier molecular flexibility index (Phi) is 6.59. The molecule has 0 radical (unpaired) electrons. The fraction of sp³-hybridized carbons (Fsp3) is 0.108. The molecule has 0 bridgehead atoms. The van der Waals surface area contributed by atoms with Crippen molar-refractivity contribution < 1.29 is 9.47 Å². The second kappa shape index (κ2) is 10.7. The molecule has 0 fully saturated rings. The summed E-state index contributed by atoms with van der Waals surface area (Å²) in [5, 5.41) is 2.21. The number of aromatic nitrogens is 4. The predicted molar refractivity (Wildman–Crippen MR) is 173 cm³/mol. The lowest BCUT2D eigenvalue weighted by Crippen LogP contribution is -2.03. The molecule has 0 spiro atoms. The van der Waals surface area contributed by atoms with Crippen LogP contribution in [0.25, 0.3) is 61.7 Å². The second-order valence-electron chi connectivity index (χ2n) is 10.6. The van der Waals surface area contributed by atoms with E-state index in [0.29, 0.717) is 17.5 Å². The minimum Gasteiger partial charge on any atom is -0.497 e. The van der Waals surface area contributed by atoms with Crippen LogP contribution < -0.4 is 9.47 Å². The molecule has 0 saturated carbocycles. The van der Waals surface area contributed by atoms with Gasteiger partial charge >= 0.3 is 0 Å². The number of rotatable bonds is 6. The Bertz CT molecular complexity index is 1980. The summed E-state index contributed by atoms with van der Waals surface area (Å²) in [7, 11) is 3.39. The molecule has 5 aromatic carbocycles. The first-order valence-corrected chi connectivity index (χ1v) is 14.2. The molecular formula is C37H30N4O2. The van der Waals surface area contributed by atoms with Crippen molar-refractivity contribution in [2.45, 2.75) is 13.8 Å². The number of methoxy groups -OCH3 is 2. The molecule has 6 nitrogen and oxygen atoms in total. The molecule has 7 rings (SSSR count). The normalized spacial score (nSPS) is 11.3. The highest BCUT2D eigenvalue weighted by atomic mass is 16.5. The highest BCUT2D eigenvalue weighted by Crippen LogP contribution is 2.38. The van der Waals surface area contributed by atoms with Crippen LogP contribution in [-0.2, 0) is 0 Å². The van der Waals surface area contributed by atoms with Gasteiger partial charge in [-0.25, -0.2) is 15.0 Å². The van der Waals surface area contributed by atoms with Gasteiger partial charge in [-0.15, -0.1) is 0 Å². The topological polar surface area (TPSA) is 62.1 Å². The van der Waals surface area contributed by atoms with Crippen LogP contribution in [0.2, 0.25) is 0 Å². The van der Waals surface area contributed by atoms with Crippen molar-refractivity contribution in [2.75, 3.05) is 14.2 Å². The van der Waals surface area contributed by atoms with Gasteiger partial charge in [0.15, 0.2) is 17.5 Å². The molecule has 0 saturated heterocycles. The number of hydrogen-bond acceptors (Lipinski definition) is 5. The maximum atomic E-state index is 5.58. The Balaban J connectivity index is 1.43. The molecular weight excluding hydrogens is 532 g/mol. The molecule has 0 aliphatic heterocycles. The third-order valence-corrected chi connectivity index (χ3v) is 7.85. The van der Waals surface area contributed by atoms with Gasteiger partial charge in [0.1, 0.15) is 11.5 Å². The van der Waals surface area contributed by atoms with Crippen LogP contribution in [0.3, 0.4) is 0 Å². The van der Waals surface area contributed by atoms with Gasteiger partial charge in [-0.3, -0.25) is 0 Å². The molecule has 0 aliphatic carbocycles. The van der Waals surface area contributed by atoms with E-state index in [1.54, 1.807) is 14.2 Å². The van der Waals surface area contributed by atoms with Crippen LogP contribution in [0.4, 0.5) is 0 Å². The van der Waals surface area contributed by atoms with Gasteiger partial charge in [-0.05, 0) is 73.5 Å². The average Bonchev–Trinajstić information content (AvgIpc) is 3.37. The minimum absolute atomic E-state index is 0.641. The van der Waals surface area contributed by atoms with E-state index in [0.717, 1.165) is 66.8 Å². The van der Waals surface area contributed by atoms with Crippen LogP contribution in [0.15, 0.2) is 109 Å². The number of fused-ring (bicyclic) bond motifs is 3. The standard InChI is InChI=1S/C37H30N4O2/c1-23-19-27(37-39-35(25-11-7-5-8-12-25)38-36(40-37)26-13-9-6-10-14-26)20-24(2)34(23)41-32-17-15-28(42-3)21-30(32)31-22-29(43-4)16-18-33(31)41/h5-22H,1-4H3. The molecule has 210 valence electrons. The van der Waals surface area contributed by atoms with Crippen molar-refractivity contribution in [3.05, 3.63) is 120 Å². The summed E-state index contributed by atoms with van der Waals surface area (Å²) in [6.07, 6.45) is 0. The lowest BCUT2D eigenvalue weighted by atomic mass is 10.0. The molecule has 0 aliphatic rings. The van der Waals surface area contributed by atoms with Gasteiger partial charge in [0.05, 0.1) is 30.9 Å². The molecule has 7 aromatic rings. The fourth-order valence-electron chi connectivity index (χ4n) is 5.85. The monoisotopic (exact) mass is 562 g/mol. The van der Waals surface area contributed by atoms with Gasteiger partial charge in [0.2, 0.25) is 0 Å². The van der Waals surface area contributed by atoms with Gasteiger partial charge < -0.3 is 14.0 Å². The Morgan fingerprint density at radius 2 is 0.907 bits per heavy atom. The van der Waals surface area contributed by atoms with Crippen molar-refractivity contribution in [3.63, 3.8) is 0 Å². The quantitative estimate of drug-likeness (QED) is 0.203. The molecule has 2 aromatic heterocycles. The molecule has 0 atom stereocenters. The van der Waals surface area contributed by atoms with E-state index in [9.17, 15) is 0 Å². The second-order valence-corrected chi connectivity index (χ2v) is 10.6. The first-order valence-electron chi connectivity index (χ1n) is 14.2. The smallest absolute Gasteiger partial charge is 0.164 e. The number of nitrogens with zero attached hydrogens (tertiary/aromatic N) is 4. The van der Waals surface area contributed by atoms with Gasteiger partial charge in [-0.1, -0.05) is 60.7 Å². The van der Waals surface area contributed by atoms with E-state index >= 15 is 0 Å². The summed E-state index contributed by atoms with van der Waals surface area (Å²) in [6.45, 7) is 4.29. The largest absolute Gasteiger partial charge is 0.497 e. The third-order valence-electron chi connectivity index (χ3n) is 7.85. The van der Waals surface area contributed by atoms with E-state index in [1.165, 1.54) is 0 Å². The molecule has 2 heterocycles. The van der Waals surface area contributed by atoms with Crippen LogP contribution >= 0.6 is 0 Å². The molecule has 6 heteroatoms. The number of hydrogen-bond donors (Lipinski definition) is 0. The van der Waals surface area contributed by atoms with Crippen molar-refractivity contribution in [1.29, 1.82) is 0 Å². The Morgan fingerprint density at radius 3 is 1.33 bits per heavy atom. The summed E-state index contributed by atoms with van der Waals surface area (Å²) in [4.78, 5) is 14.8. The maximum absolute atomic E-state index is 5.58. The first kappa shape index (κ1) is 26.4. The molecule has 0 unspecified atom stereocenters. The summed E-state index contributed by atoms with van der Waals surface area (Å²) >= 11 is 0. The lowest BCUT2D eigenvalue weighted by Gasteiger charge is -2.17. The van der Waals surface area contributed by atoms with Crippen LogP contribution in [-0.4, -0.2) is 33.7 Å². The molecule has 0 amide bonds. The van der Waals surface area contributed by atoms with E-state index in [-0.39, 0.29) is 0 Å². The van der Waals surface area contributed by atoms with Crippen LogP contribution in [0.5, 0.6) is 11.5 Å². The van der Waals surface area contributed by atoms with Gasteiger partial charge in [0, 0.05) is 27.5 Å². The SMILES string of the molecule is COc1ccc2c(c1)c1cc(OC)ccc1n2-c1c(C)cc(-c2nc(-c3ccccc3)nc(-c3ccccc3)n2)cc1C. The molecule has 43 heavy (non-hydrogen) atoms. The Morgan fingerprint density at radius 1 is 0.488 bits per heavy atom. The predicted octanol–water partition coefficient (Wildman–Crippen LogP) is 8.60. The van der Waals surface area contributed by atoms with Crippen molar-refractivity contribution in [2.24, 2.45) is 0 Å². The van der Waals surface area contributed by atoms with Crippen molar-refractivity contribution in [3.8, 4) is 51.3 Å². The number of ether oxygens (including phenoxy) is 2. The molecule has 0 N–H and O–H groups in total.